The van der Waals surface area contributed by atoms with Crippen molar-refractivity contribution in [3.8, 4) is 0 Å². The summed E-state index contributed by atoms with van der Waals surface area (Å²) in [6.07, 6.45) is 19.3. The van der Waals surface area contributed by atoms with E-state index in [4.69, 9.17) is 5.41 Å². The summed E-state index contributed by atoms with van der Waals surface area (Å²) in [5.41, 5.74) is 3.94. The van der Waals surface area contributed by atoms with Gasteiger partial charge in [0.15, 0.2) is 0 Å². The molecule has 0 radical (unpaired) electrons. The Hall–Kier alpha value is -2.07. The molecule has 3 nitrogen and oxygen atoms in total. The molecule has 1 atom stereocenters. The van der Waals surface area contributed by atoms with Crippen LogP contribution in [0.25, 0.3) is 11.1 Å². The van der Waals surface area contributed by atoms with Crippen LogP contribution in [0.1, 0.15) is 32.0 Å². The molecule has 1 unspecified atom stereocenters. The minimum atomic E-state index is -0.260. The number of hydrogen-bond acceptors (Lipinski definition) is 3. The Morgan fingerprint density at radius 1 is 1.39 bits per heavy atom. The van der Waals surface area contributed by atoms with E-state index in [9.17, 15) is 0 Å². The van der Waals surface area contributed by atoms with E-state index < -0.39 is 0 Å². The molecule has 0 aromatic carbocycles. The molecule has 2 rings (SSSR count). The van der Waals surface area contributed by atoms with E-state index in [1.54, 1.807) is 12.3 Å². The van der Waals surface area contributed by atoms with Crippen molar-refractivity contribution in [2.45, 2.75) is 25.5 Å². The van der Waals surface area contributed by atoms with E-state index in [1.165, 1.54) is 6.21 Å². The Labute approximate surface area is 143 Å². The Kier molecular flexibility index (Phi) is 5.61. The molecule has 4 heteroatoms. The van der Waals surface area contributed by atoms with Crippen LogP contribution in [-0.4, -0.2) is 21.2 Å². The quantitative estimate of drug-likeness (QED) is 0.404. The molecule has 23 heavy (non-hydrogen) atoms. The molecule has 0 fully saturated rings. The third-order valence-electron chi connectivity index (χ3n) is 3.47. The van der Waals surface area contributed by atoms with E-state index in [2.05, 4.69) is 54.9 Å². The lowest BCUT2D eigenvalue weighted by molar-refractivity contribution is 0.832. The van der Waals surface area contributed by atoms with Gasteiger partial charge in [0.1, 0.15) is 0 Å². The van der Waals surface area contributed by atoms with Gasteiger partial charge in [0.05, 0.1) is 11.9 Å². The number of H-pyrrole nitrogens is 1. The summed E-state index contributed by atoms with van der Waals surface area (Å²) >= 11 is 4.60. The lowest BCUT2D eigenvalue weighted by Crippen LogP contribution is -2.06. The van der Waals surface area contributed by atoms with Crippen molar-refractivity contribution < 1.29 is 0 Å². The Morgan fingerprint density at radius 3 is 2.87 bits per heavy atom. The van der Waals surface area contributed by atoms with Gasteiger partial charge in [0.25, 0.3) is 0 Å². The molecule has 1 aliphatic carbocycles. The molecule has 120 valence electrons. The van der Waals surface area contributed by atoms with Gasteiger partial charge in [-0.3, -0.25) is 5.10 Å². The summed E-state index contributed by atoms with van der Waals surface area (Å²) in [4.78, 5) is 0. The van der Waals surface area contributed by atoms with Crippen LogP contribution in [0.5, 0.6) is 0 Å². The van der Waals surface area contributed by atoms with E-state index in [1.807, 2.05) is 31.2 Å². The van der Waals surface area contributed by atoms with Crippen LogP contribution in [0.3, 0.4) is 0 Å². The van der Waals surface area contributed by atoms with Crippen LogP contribution < -0.4 is 0 Å². The Bertz CT molecular complexity index is 696. The fourth-order valence-electron chi connectivity index (χ4n) is 2.23. The highest BCUT2D eigenvalue weighted by atomic mass is 32.1. The first-order valence-electron chi connectivity index (χ1n) is 7.67. The summed E-state index contributed by atoms with van der Waals surface area (Å²) in [6.45, 7) is 6.30. The van der Waals surface area contributed by atoms with E-state index >= 15 is 0 Å². The van der Waals surface area contributed by atoms with Crippen molar-refractivity contribution in [3.05, 3.63) is 66.1 Å². The molecule has 0 spiro atoms. The number of nitrogens with zero attached hydrogens (tertiary/aromatic N) is 1. The zero-order valence-corrected chi connectivity index (χ0v) is 14.6. The number of thiol groups is 1. The van der Waals surface area contributed by atoms with Crippen molar-refractivity contribution in [1.29, 1.82) is 5.41 Å². The van der Waals surface area contributed by atoms with Crippen molar-refractivity contribution in [1.82, 2.24) is 10.2 Å². The van der Waals surface area contributed by atoms with Crippen molar-refractivity contribution >= 4 is 30.0 Å². The Morgan fingerprint density at radius 2 is 2.17 bits per heavy atom. The monoisotopic (exact) mass is 325 g/mol. The van der Waals surface area contributed by atoms with Gasteiger partial charge in [-0.15, -0.1) is 0 Å². The zero-order valence-electron chi connectivity index (χ0n) is 13.7. The molecule has 1 aliphatic rings. The third-order valence-corrected chi connectivity index (χ3v) is 3.77. The van der Waals surface area contributed by atoms with Gasteiger partial charge in [-0.2, -0.15) is 17.7 Å². The number of aromatic nitrogens is 2. The second-order valence-corrected chi connectivity index (χ2v) is 7.05. The van der Waals surface area contributed by atoms with Crippen LogP contribution in [0.2, 0.25) is 0 Å². The van der Waals surface area contributed by atoms with Crippen LogP contribution in [0, 0.1) is 11.3 Å². The highest BCUT2D eigenvalue weighted by molar-refractivity contribution is 7.82. The van der Waals surface area contributed by atoms with Gasteiger partial charge in [-0.25, -0.2) is 0 Å². The van der Waals surface area contributed by atoms with Crippen molar-refractivity contribution in [3.63, 3.8) is 0 Å². The van der Waals surface area contributed by atoms with Gasteiger partial charge in [-0.1, -0.05) is 56.4 Å². The predicted octanol–water partition coefficient (Wildman–Crippen LogP) is 4.85. The molecule has 0 amide bonds. The number of nitrogens with one attached hydrogen (secondary N) is 2. The largest absolute Gasteiger partial charge is 0.309 e. The Balaban J connectivity index is 2.43. The average Bonchev–Trinajstić information content (AvgIpc) is 2.88. The number of rotatable bonds is 5. The summed E-state index contributed by atoms with van der Waals surface area (Å²) in [6, 6.07) is 0. The van der Waals surface area contributed by atoms with Crippen LogP contribution >= 0.6 is 12.6 Å². The molecule has 0 saturated heterocycles. The molecular weight excluding hydrogens is 302 g/mol. The topological polar surface area (TPSA) is 52.5 Å². The second-order valence-electron chi connectivity index (χ2n) is 6.09. The smallest absolute Gasteiger partial charge is 0.0728 e. The number of allylic oxidation sites excluding steroid dienone is 8. The first-order chi connectivity index (χ1) is 10.9. The minimum Gasteiger partial charge on any atom is -0.309 e. The molecule has 0 saturated carbocycles. The number of hydrogen-bond donors (Lipinski definition) is 3. The first kappa shape index (κ1) is 17.3. The standard InChI is InChI=1S/C19H23N3S/c1-14(2)6-7-15(9-12-20)17-13-21-22-18(17)16-5-4-10-19(3,23)11-8-16/h4-14,20,23H,1-3H3,(H,21,22)/b7-6?,15-9+,20-12?. The van der Waals surface area contributed by atoms with Gasteiger partial charge in [-0.05, 0) is 30.1 Å². The number of aromatic amines is 1. The van der Waals surface area contributed by atoms with Crippen LogP contribution in [0.15, 0.2) is 54.8 Å². The van der Waals surface area contributed by atoms with Gasteiger partial charge >= 0.3 is 0 Å². The molecule has 0 bridgehead atoms. The van der Waals surface area contributed by atoms with Gasteiger partial charge in [0, 0.05) is 16.5 Å². The SMILES string of the molecule is CC(C)C=C/C(=C\C=N)c1cn[nH]c1C1=CC=CC(C)(S)C=C1. The average molecular weight is 325 g/mol. The lowest BCUT2D eigenvalue weighted by Gasteiger charge is -2.11. The zero-order chi connectivity index (χ0) is 16.9. The van der Waals surface area contributed by atoms with Crippen molar-refractivity contribution in [2.75, 3.05) is 0 Å². The second kappa shape index (κ2) is 7.47. The van der Waals surface area contributed by atoms with E-state index in [0.717, 1.165) is 22.4 Å². The van der Waals surface area contributed by atoms with Crippen LogP contribution in [-0.2, 0) is 0 Å². The summed E-state index contributed by atoms with van der Waals surface area (Å²) < 4.78 is -0.260. The maximum atomic E-state index is 7.41. The summed E-state index contributed by atoms with van der Waals surface area (Å²) in [5, 5.41) is 14.7. The third kappa shape index (κ3) is 4.70. The molecule has 0 aliphatic heterocycles. The normalized spacial score (nSPS) is 21.8. The van der Waals surface area contributed by atoms with Crippen LogP contribution in [0.4, 0.5) is 0 Å². The van der Waals surface area contributed by atoms with Crippen molar-refractivity contribution in [2.24, 2.45) is 5.92 Å². The fourth-order valence-corrected chi connectivity index (χ4v) is 2.39. The molecule has 1 aromatic rings. The van der Waals surface area contributed by atoms with E-state index in [-0.39, 0.29) is 4.75 Å². The van der Waals surface area contributed by atoms with Gasteiger partial charge in [0.2, 0.25) is 0 Å². The highest BCUT2D eigenvalue weighted by Gasteiger charge is 2.15. The fraction of sp³-hybridized carbons (Fsp3) is 0.263. The minimum absolute atomic E-state index is 0.260. The van der Waals surface area contributed by atoms with E-state index in [0.29, 0.717) is 5.92 Å². The lowest BCUT2D eigenvalue weighted by atomic mass is 9.99. The summed E-state index contributed by atoms with van der Waals surface area (Å²) in [7, 11) is 0. The molecule has 1 aromatic heterocycles. The molecule has 1 heterocycles. The van der Waals surface area contributed by atoms with Gasteiger partial charge < -0.3 is 5.41 Å². The predicted molar refractivity (Wildman–Crippen MR) is 103 cm³/mol. The molecule has 2 N–H and O–H groups in total. The maximum Gasteiger partial charge on any atom is 0.0728 e. The summed E-state index contributed by atoms with van der Waals surface area (Å²) in [5.74, 6) is 0.448. The maximum absolute atomic E-state index is 7.41. The highest BCUT2D eigenvalue weighted by Crippen LogP contribution is 2.29. The molecular formula is C19H23N3S. The first-order valence-corrected chi connectivity index (χ1v) is 8.12.